The first-order valence-electron chi connectivity index (χ1n) is 5.68. The standard InChI is InChI=1S/C13H14Cl2O4/c1-18-13(19-2)6-12(7-13,11(16)17)8-3-4-9(14)10(15)5-8/h3-5H,6-7H2,1-2H3,(H,16,17). The number of aliphatic carboxylic acids is 1. The van der Waals surface area contributed by atoms with Crippen LogP contribution in [0.15, 0.2) is 18.2 Å². The van der Waals surface area contributed by atoms with Gasteiger partial charge in [-0.15, -0.1) is 0 Å². The van der Waals surface area contributed by atoms with E-state index < -0.39 is 17.2 Å². The smallest absolute Gasteiger partial charge is 0.314 e. The number of carboxylic acid groups (broad SMARTS) is 1. The molecule has 0 saturated heterocycles. The van der Waals surface area contributed by atoms with Crippen LogP contribution < -0.4 is 0 Å². The molecule has 19 heavy (non-hydrogen) atoms. The van der Waals surface area contributed by atoms with Gasteiger partial charge in [0.25, 0.3) is 0 Å². The van der Waals surface area contributed by atoms with Crippen LogP contribution >= 0.6 is 23.2 Å². The van der Waals surface area contributed by atoms with E-state index in [1.807, 2.05) is 0 Å². The Morgan fingerprint density at radius 1 is 1.21 bits per heavy atom. The van der Waals surface area contributed by atoms with Crippen LogP contribution in [0, 0.1) is 0 Å². The molecule has 1 aliphatic carbocycles. The second-order valence-corrected chi connectivity index (χ2v) is 5.50. The summed E-state index contributed by atoms with van der Waals surface area (Å²) in [4.78, 5) is 11.6. The molecular weight excluding hydrogens is 291 g/mol. The molecule has 4 nitrogen and oxygen atoms in total. The van der Waals surface area contributed by atoms with Crippen LogP contribution in [0.25, 0.3) is 0 Å². The summed E-state index contributed by atoms with van der Waals surface area (Å²) in [5, 5.41) is 10.3. The first kappa shape index (κ1) is 14.6. The van der Waals surface area contributed by atoms with Gasteiger partial charge in [-0.05, 0) is 17.7 Å². The van der Waals surface area contributed by atoms with E-state index in [4.69, 9.17) is 32.7 Å². The van der Waals surface area contributed by atoms with Crippen molar-refractivity contribution in [3.05, 3.63) is 33.8 Å². The molecule has 0 aliphatic heterocycles. The monoisotopic (exact) mass is 304 g/mol. The molecule has 104 valence electrons. The molecular formula is C13H14Cl2O4. The van der Waals surface area contributed by atoms with Gasteiger partial charge in [0.2, 0.25) is 0 Å². The summed E-state index contributed by atoms with van der Waals surface area (Å²) >= 11 is 11.8. The normalized spacial score (nSPS) is 19.8. The van der Waals surface area contributed by atoms with Gasteiger partial charge in [-0.25, -0.2) is 0 Å². The van der Waals surface area contributed by atoms with Gasteiger partial charge in [-0.2, -0.15) is 0 Å². The van der Waals surface area contributed by atoms with Crippen LogP contribution in [-0.4, -0.2) is 31.1 Å². The lowest BCUT2D eigenvalue weighted by atomic mass is 9.60. The topological polar surface area (TPSA) is 55.8 Å². The Kier molecular flexibility index (Phi) is 3.80. The van der Waals surface area contributed by atoms with Gasteiger partial charge in [-0.3, -0.25) is 4.79 Å². The van der Waals surface area contributed by atoms with Crippen LogP contribution in [0.1, 0.15) is 18.4 Å². The Morgan fingerprint density at radius 2 is 1.79 bits per heavy atom. The van der Waals surface area contributed by atoms with Gasteiger partial charge in [0.15, 0.2) is 5.79 Å². The third-order valence-electron chi connectivity index (χ3n) is 3.77. The molecule has 1 aromatic rings. The number of carbonyl (C=O) groups is 1. The third kappa shape index (κ3) is 2.23. The number of hydrogen-bond donors (Lipinski definition) is 1. The maximum atomic E-state index is 11.6. The van der Waals surface area contributed by atoms with Crippen LogP contribution in [0.2, 0.25) is 10.0 Å². The molecule has 0 amide bonds. The Bertz CT molecular complexity index is 503. The molecule has 0 bridgehead atoms. The Hall–Kier alpha value is -0.810. The molecule has 1 N–H and O–H groups in total. The molecule has 0 aromatic heterocycles. The summed E-state index contributed by atoms with van der Waals surface area (Å²) < 4.78 is 10.5. The SMILES string of the molecule is COC1(OC)CC(C(=O)O)(c2ccc(Cl)c(Cl)c2)C1. The summed E-state index contributed by atoms with van der Waals surface area (Å²) in [5.74, 6) is -1.76. The Morgan fingerprint density at radius 3 is 2.21 bits per heavy atom. The van der Waals surface area contributed by atoms with Crippen molar-refractivity contribution in [3.63, 3.8) is 0 Å². The van der Waals surface area contributed by atoms with E-state index in [2.05, 4.69) is 0 Å². The molecule has 0 unspecified atom stereocenters. The van der Waals surface area contributed by atoms with Crippen LogP contribution in [0.3, 0.4) is 0 Å². The molecule has 0 spiro atoms. The Labute approximate surface area is 121 Å². The number of rotatable bonds is 4. The second-order valence-electron chi connectivity index (χ2n) is 4.69. The van der Waals surface area contributed by atoms with E-state index in [1.165, 1.54) is 14.2 Å². The largest absolute Gasteiger partial charge is 0.481 e. The predicted molar refractivity (Wildman–Crippen MR) is 71.8 cm³/mol. The summed E-state index contributed by atoms with van der Waals surface area (Å²) in [6.45, 7) is 0. The number of hydrogen-bond acceptors (Lipinski definition) is 3. The van der Waals surface area contributed by atoms with Crippen molar-refractivity contribution in [2.45, 2.75) is 24.0 Å². The van der Waals surface area contributed by atoms with Gasteiger partial charge in [0, 0.05) is 27.1 Å². The van der Waals surface area contributed by atoms with Crippen LogP contribution in [-0.2, 0) is 19.7 Å². The predicted octanol–water partition coefficient (Wildman–Crippen LogP) is 3.10. The molecule has 0 atom stereocenters. The minimum absolute atomic E-state index is 0.236. The number of methoxy groups -OCH3 is 2. The van der Waals surface area contributed by atoms with E-state index in [9.17, 15) is 9.90 Å². The lowest BCUT2D eigenvalue weighted by molar-refractivity contribution is -0.277. The van der Waals surface area contributed by atoms with Crippen molar-refractivity contribution in [1.82, 2.24) is 0 Å². The van der Waals surface area contributed by atoms with Gasteiger partial charge >= 0.3 is 5.97 Å². The zero-order chi connectivity index (χ0) is 14.3. The average molecular weight is 305 g/mol. The highest BCUT2D eigenvalue weighted by Gasteiger charge is 2.61. The first-order valence-corrected chi connectivity index (χ1v) is 6.44. The minimum Gasteiger partial charge on any atom is -0.481 e. The van der Waals surface area contributed by atoms with Crippen molar-refractivity contribution in [1.29, 1.82) is 0 Å². The van der Waals surface area contributed by atoms with E-state index >= 15 is 0 Å². The molecule has 1 aromatic carbocycles. The maximum absolute atomic E-state index is 11.6. The van der Waals surface area contributed by atoms with Crippen LogP contribution in [0.5, 0.6) is 0 Å². The zero-order valence-corrected chi connectivity index (χ0v) is 12.1. The Balaban J connectivity index is 2.38. The average Bonchev–Trinajstić information content (AvgIpc) is 2.33. The first-order chi connectivity index (χ1) is 8.89. The highest BCUT2D eigenvalue weighted by molar-refractivity contribution is 6.42. The van der Waals surface area contributed by atoms with Crippen molar-refractivity contribution < 1.29 is 19.4 Å². The minimum atomic E-state index is -1.04. The molecule has 0 heterocycles. The second kappa shape index (κ2) is 4.94. The fraction of sp³-hybridized carbons (Fsp3) is 0.462. The summed E-state index contributed by atoms with van der Waals surface area (Å²) in [6.07, 6.45) is 0.473. The molecule has 6 heteroatoms. The summed E-state index contributed by atoms with van der Waals surface area (Å²) in [6, 6.07) is 4.87. The molecule has 1 fully saturated rings. The van der Waals surface area contributed by atoms with Crippen molar-refractivity contribution >= 4 is 29.2 Å². The van der Waals surface area contributed by atoms with Gasteiger partial charge < -0.3 is 14.6 Å². The maximum Gasteiger partial charge on any atom is 0.314 e. The lowest BCUT2D eigenvalue weighted by Gasteiger charge is -2.51. The van der Waals surface area contributed by atoms with Crippen LogP contribution in [0.4, 0.5) is 0 Å². The fourth-order valence-corrected chi connectivity index (χ4v) is 2.81. The number of ether oxygens (including phenoxy) is 2. The molecule has 1 aliphatic rings. The van der Waals surface area contributed by atoms with E-state index in [-0.39, 0.29) is 12.8 Å². The fourth-order valence-electron chi connectivity index (χ4n) is 2.51. The van der Waals surface area contributed by atoms with Crippen molar-refractivity contribution in [3.8, 4) is 0 Å². The number of benzene rings is 1. The van der Waals surface area contributed by atoms with Crippen molar-refractivity contribution in [2.24, 2.45) is 0 Å². The lowest BCUT2D eigenvalue weighted by Crippen LogP contribution is -2.60. The summed E-state index contributed by atoms with van der Waals surface area (Å²) in [5.41, 5.74) is -0.431. The molecule has 0 radical (unpaired) electrons. The number of halogens is 2. The third-order valence-corrected chi connectivity index (χ3v) is 4.51. The van der Waals surface area contributed by atoms with E-state index in [0.29, 0.717) is 15.6 Å². The molecule has 1 saturated carbocycles. The summed E-state index contributed by atoms with van der Waals surface area (Å²) in [7, 11) is 3.01. The van der Waals surface area contributed by atoms with Gasteiger partial charge in [-0.1, -0.05) is 29.3 Å². The highest BCUT2D eigenvalue weighted by atomic mass is 35.5. The zero-order valence-electron chi connectivity index (χ0n) is 10.6. The number of carboxylic acids is 1. The van der Waals surface area contributed by atoms with Gasteiger partial charge in [0.05, 0.1) is 10.0 Å². The van der Waals surface area contributed by atoms with E-state index in [1.54, 1.807) is 18.2 Å². The van der Waals surface area contributed by atoms with E-state index in [0.717, 1.165) is 0 Å². The molecule has 2 rings (SSSR count). The van der Waals surface area contributed by atoms with Crippen molar-refractivity contribution in [2.75, 3.05) is 14.2 Å². The quantitative estimate of drug-likeness (QED) is 0.869. The highest BCUT2D eigenvalue weighted by Crippen LogP contribution is 2.53. The van der Waals surface area contributed by atoms with Gasteiger partial charge in [0.1, 0.15) is 5.41 Å².